The maximum Gasteiger partial charge on any atom is 0.261 e. The van der Waals surface area contributed by atoms with Gasteiger partial charge in [0.25, 0.3) is 5.91 Å². The van der Waals surface area contributed by atoms with Crippen molar-refractivity contribution >= 4 is 5.91 Å². The Morgan fingerprint density at radius 2 is 1.71 bits per heavy atom. The monoisotopic (exact) mass is 383 g/mol. The zero-order chi connectivity index (χ0) is 19.8. The molecule has 0 aromatic heterocycles. The fraction of sp³-hybridized carbons (Fsp3) is 0.435. The fourth-order valence-corrected chi connectivity index (χ4v) is 3.63. The van der Waals surface area contributed by atoms with E-state index in [1.807, 2.05) is 37.3 Å². The summed E-state index contributed by atoms with van der Waals surface area (Å²) < 4.78 is 16.6. The number of carbonyl (C=O) groups is 1. The lowest BCUT2D eigenvalue weighted by molar-refractivity contribution is -0.128. The molecule has 2 aromatic carbocycles. The van der Waals surface area contributed by atoms with E-state index in [1.54, 1.807) is 7.11 Å². The van der Waals surface area contributed by atoms with Crippen LogP contribution in [0.5, 0.6) is 11.5 Å². The van der Waals surface area contributed by atoms with Gasteiger partial charge in [0.15, 0.2) is 6.10 Å². The van der Waals surface area contributed by atoms with Crippen LogP contribution in [0.4, 0.5) is 0 Å². The van der Waals surface area contributed by atoms with Crippen molar-refractivity contribution in [1.29, 1.82) is 0 Å². The third-order valence-corrected chi connectivity index (χ3v) is 5.44. The minimum Gasteiger partial charge on any atom is -0.497 e. The van der Waals surface area contributed by atoms with Gasteiger partial charge < -0.3 is 19.5 Å². The summed E-state index contributed by atoms with van der Waals surface area (Å²) in [5, 5.41) is 3.14. The largest absolute Gasteiger partial charge is 0.497 e. The van der Waals surface area contributed by atoms with Crippen LogP contribution in [0, 0.1) is 0 Å². The maximum atomic E-state index is 12.8. The van der Waals surface area contributed by atoms with Crippen LogP contribution >= 0.6 is 0 Å². The fourth-order valence-electron chi connectivity index (χ4n) is 3.63. The Kier molecular flexibility index (Phi) is 6.93. The number of ether oxygens (including phenoxy) is 3. The van der Waals surface area contributed by atoms with Crippen molar-refractivity contribution in [2.24, 2.45) is 0 Å². The van der Waals surface area contributed by atoms with E-state index in [0.29, 0.717) is 31.9 Å². The smallest absolute Gasteiger partial charge is 0.261 e. The highest BCUT2D eigenvalue weighted by molar-refractivity contribution is 5.81. The summed E-state index contributed by atoms with van der Waals surface area (Å²) in [6, 6.07) is 17.7. The molecule has 0 aliphatic carbocycles. The highest BCUT2D eigenvalue weighted by Crippen LogP contribution is 2.34. The first kappa shape index (κ1) is 20.2. The van der Waals surface area contributed by atoms with E-state index in [4.69, 9.17) is 14.2 Å². The van der Waals surface area contributed by atoms with Gasteiger partial charge in [-0.2, -0.15) is 0 Å². The zero-order valence-corrected chi connectivity index (χ0v) is 16.6. The summed E-state index contributed by atoms with van der Waals surface area (Å²) in [5.41, 5.74) is 1.16. The Morgan fingerprint density at radius 3 is 2.32 bits per heavy atom. The van der Waals surface area contributed by atoms with E-state index in [2.05, 4.69) is 29.6 Å². The van der Waals surface area contributed by atoms with E-state index in [0.717, 1.165) is 18.6 Å². The summed E-state index contributed by atoms with van der Waals surface area (Å²) in [7, 11) is 1.62. The molecule has 0 radical (unpaired) electrons. The quantitative estimate of drug-likeness (QED) is 0.755. The van der Waals surface area contributed by atoms with Gasteiger partial charge in [0.2, 0.25) is 0 Å². The average Bonchev–Trinajstić information content (AvgIpc) is 2.77. The summed E-state index contributed by atoms with van der Waals surface area (Å²) in [5.74, 6) is 1.33. The molecule has 150 valence electrons. The Labute approximate surface area is 167 Å². The highest BCUT2D eigenvalue weighted by Gasteiger charge is 2.35. The Morgan fingerprint density at radius 1 is 1.07 bits per heavy atom. The van der Waals surface area contributed by atoms with Crippen molar-refractivity contribution < 1.29 is 19.0 Å². The molecule has 1 saturated heterocycles. The summed E-state index contributed by atoms with van der Waals surface area (Å²) >= 11 is 0. The lowest BCUT2D eigenvalue weighted by Crippen LogP contribution is -2.48. The molecule has 1 aliphatic rings. The molecule has 1 fully saturated rings. The van der Waals surface area contributed by atoms with Gasteiger partial charge in [-0.05, 0) is 49.1 Å². The van der Waals surface area contributed by atoms with Crippen molar-refractivity contribution in [1.82, 2.24) is 5.32 Å². The predicted octanol–water partition coefficient (Wildman–Crippen LogP) is 3.72. The van der Waals surface area contributed by atoms with Crippen molar-refractivity contribution in [3.63, 3.8) is 0 Å². The third-order valence-electron chi connectivity index (χ3n) is 5.44. The van der Waals surface area contributed by atoms with Gasteiger partial charge in [0.05, 0.1) is 7.11 Å². The molecule has 0 saturated carbocycles. The number of methoxy groups -OCH3 is 1. The van der Waals surface area contributed by atoms with Gasteiger partial charge in [0, 0.05) is 25.2 Å². The summed E-state index contributed by atoms with van der Waals surface area (Å²) in [4.78, 5) is 12.8. The normalized spacial score (nSPS) is 16.8. The van der Waals surface area contributed by atoms with Crippen LogP contribution < -0.4 is 14.8 Å². The van der Waals surface area contributed by atoms with E-state index in [-0.39, 0.29) is 11.3 Å². The Bertz CT molecular complexity index is 739. The first-order valence-corrected chi connectivity index (χ1v) is 9.88. The van der Waals surface area contributed by atoms with Gasteiger partial charge in [-0.15, -0.1) is 0 Å². The molecule has 28 heavy (non-hydrogen) atoms. The van der Waals surface area contributed by atoms with Crippen LogP contribution in [0.3, 0.4) is 0 Å². The molecule has 1 amide bonds. The number of rotatable bonds is 8. The molecule has 2 aromatic rings. The molecule has 0 unspecified atom stereocenters. The van der Waals surface area contributed by atoms with Gasteiger partial charge >= 0.3 is 0 Å². The van der Waals surface area contributed by atoms with E-state index < -0.39 is 6.10 Å². The van der Waals surface area contributed by atoms with Crippen LogP contribution in [-0.4, -0.2) is 38.9 Å². The SMILES string of the molecule is CC[C@@H](Oc1ccc(OC)cc1)C(=O)NCC1(c2ccccc2)CCOCC1. The van der Waals surface area contributed by atoms with Crippen LogP contribution in [-0.2, 0) is 14.9 Å². The molecular formula is C23H29NO4. The Balaban J connectivity index is 1.65. The minimum absolute atomic E-state index is 0.0832. The molecule has 1 N–H and O–H groups in total. The van der Waals surface area contributed by atoms with Crippen molar-refractivity contribution in [3.05, 3.63) is 60.2 Å². The highest BCUT2D eigenvalue weighted by atomic mass is 16.5. The number of amides is 1. The van der Waals surface area contributed by atoms with E-state index >= 15 is 0 Å². The standard InChI is InChI=1S/C23H29NO4/c1-3-21(28-20-11-9-19(26-2)10-12-20)22(25)24-17-23(13-15-27-16-14-23)18-7-5-4-6-8-18/h4-12,21H,3,13-17H2,1-2H3,(H,24,25)/t21-/m1/s1. The lowest BCUT2D eigenvalue weighted by atomic mass is 9.74. The number of hydrogen-bond donors (Lipinski definition) is 1. The van der Waals surface area contributed by atoms with Crippen molar-refractivity contribution in [2.75, 3.05) is 26.9 Å². The molecule has 5 heteroatoms. The van der Waals surface area contributed by atoms with Gasteiger partial charge in [-0.3, -0.25) is 4.79 Å². The van der Waals surface area contributed by atoms with Crippen LogP contribution in [0.1, 0.15) is 31.7 Å². The molecule has 0 bridgehead atoms. The molecule has 1 atom stereocenters. The second-order valence-electron chi connectivity index (χ2n) is 7.17. The summed E-state index contributed by atoms with van der Waals surface area (Å²) in [6.45, 7) is 3.96. The number of carbonyl (C=O) groups excluding carboxylic acids is 1. The molecule has 3 rings (SSSR count). The number of benzene rings is 2. The predicted molar refractivity (Wildman–Crippen MR) is 109 cm³/mol. The molecule has 0 spiro atoms. The molecule has 1 aliphatic heterocycles. The molecule has 5 nitrogen and oxygen atoms in total. The van der Waals surface area contributed by atoms with Crippen LogP contribution in [0.25, 0.3) is 0 Å². The second-order valence-corrected chi connectivity index (χ2v) is 7.17. The summed E-state index contributed by atoms with van der Waals surface area (Å²) in [6.07, 6.45) is 1.86. The zero-order valence-electron chi connectivity index (χ0n) is 16.6. The first-order valence-electron chi connectivity index (χ1n) is 9.88. The van der Waals surface area contributed by atoms with E-state index in [1.165, 1.54) is 5.56 Å². The van der Waals surface area contributed by atoms with E-state index in [9.17, 15) is 4.79 Å². The Hall–Kier alpha value is -2.53. The average molecular weight is 383 g/mol. The topological polar surface area (TPSA) is 56.8 Å². The first-order chi connectivity index (χ1) is 13.7. The maximum absolute atomic E-state index is 12.8. The van der Waals surface area contributed by atoms with Crippen molar-refractivity contribution in [2.45, 2.75) is 37.7 Å². The van der Waals surface area contributed by atoms with Crippen molar-refractivity contribution in [3.8, 4) is 11.5 Å². The lowest BCUT2D eigenvalue weighted by Gasteiger charge is -2.38. The number of hydrogen-bond acceptors (Lipinski definition) is 4. The van der Waals surface area contributed by atoms with Gasteiger partial charge in [-0.25, -0.2) is 0 Å². The molecular weight excluding hydrogens is 354 g/mol. The number of nitrogens with one attached hydrogen (secondary N) is 1. The second kappa shape index (κ2) is 9.60. The molecule has 1 heterocycles. The van der Waals surface area contributed by atoms with Crippen LogP contribution in [0.15, 0.2) is 54.6 Å². The third kappa shape index (κ3) is 4.84. The van der Waals surface area contributed by atoms with Gasteiger partial charge in [0.1, 0.15) is 11.5 Å². The van der Waals surface area contributed by atoms with Gasteiger partial charge in [-0.1, -0.05) is 37.3 Å². The van der Waals surface area contributed by atoms with Crippen LogP contribution in [0.2, 0.25) is 0 Å². The minimum atomic E-state index is -0.527.